The number of nitro groups is 1. The molecule has 2 N–H and O–H groups in total. The van der Waals surface area contributed by atoms with Gasteiger partial charge in [-0.15, -0.1) is 0 Å². The highest BCUT2D eigenvalue weighted by atomic mass is 35.5. The van der Waals surface area contributed by atoms with E-state index >= 15 is 0 Å². The van der Waals surface area contributed by atoms with Crippen LogP contribution < -0.4 is 10.6 Å². The van der Waals surface area contributed by atoms with Crippen molar-refractivity contribution in [3.63, 3.8) is 0 Å². The highest BCUT2D eigenvalue weighted by Crippen LogP contribution is 2.44. The van der Waals surface area contributed by atoms with Crippen LogP contribution in [0.25, 0.3) is 11.3 Å². The third kappa shape index (κ3) is 4.20. The van der Waals surface area contributed by atoms with Gasteiger partial charge in [0, 0.05) is 29.5 Å². The summed E-state index contributed by atoms with van der Waals surface area (Å²) < 4.78 is 6.14. The Morgan fingerprint density at radius 3 is 2.64 bits per heavy atom. The first-order valence-corrected chi connectivity index (χ1v) is 11.9. The second-order valence-corrected chi connectivity index (χ2v) is 9.08. The maximum Gasteiger partial charge on any atom is 0.280 e. The zero-order valence-corrected chi connectivity index (χ0v) is 20.1. The molecule has 0 saturated heterocycles. The normalized spacial score (nSPS) is 17.5. The molecule has 2 heterocycles. The van der Waals surface area contributed by atoms with Crippen LogP contribution in [0.2, 0.25) is 5.02 Å². The zero-order valence-electron chi connectivity index (χ0n) is 19.3. The van der Waals surface area contributed by atoms with E-state index in [4.69, 9.17) is 16.0 Å². The van der Waals surface area contributed by atoms with Crippen molar-refractivity contribution in [1.82, 2.24) is 5.32 Å². The van der Waals surface area contributed by atoms with E-state index in [0.717, 1.165) is 5.70 Å². The molecule has 0 saturated carbocycles. The molecule has 1 aliphatic heterocycles. The molecule has 5 rings (SSSR count). The molecule has 2 aromatic carbocycles. The van der Waals surface area contributed by atoms with Crippen LogP contribution in [0.3, 0.4) is 0 Å². The average Bonchev–Trinajstić information content (AvgIpc) is 3.34. The molecule has 1 aliphatic carbocycles. The fourth-order valence-corrected chi connectivity index (χ4v) is 5.00. The molecule has 8 nitrogen and oxygen atoms in total. The number of furan rings is 1. The third-order valence-corrected chi connectivity index (χ3v) is 6.75. The Bertz CT molecular complexity index is 1470. The maximum absolute atomic E-state index is 13.6. The molecule has 1 amide bonds. The van der Waals surface area contributed by atoms with Crippen molar-refractivity contribution in [2.75, 3.05) is 5.32 Å². The number of nitrogens with one attached hydrogen (secondary N) is 2. The number of nitrogens with zero attached hydrogens (tertiary/aromatic N) is 1. The van der Waals surface area contributed by atoms with E-state index in [0.29, 0.717) is 58.1 Å². The Morgan fingerprint density at radius 1 is 1.11 bits per heavy atom. The minimum Gasteiger partial charge on any atom is -0.460 e. The topological polar surface area (TPSA) is 114 Å². The Labute approximate surface area is 211 Å². The predicted molar refractivity (Wildman–Crippen MR) is 135 cm³/mol. The highest BCUT2D eigenvalue weighted by Gasteiger charge is 2.40. The number of ketones is 1. The molecular weight excluding hydrogens is 482 g/mol. The molecule has 3 aromatic rings. The van der Waals surface area contributed by atoms with E-state index in [-0.39, 0.29) is 17.2 Å². The van der Waals surface area contributed by atoms with Gasteiger partial charge in [0.15, 0.2) is 5.78 Å². The van der Waals surface area contributed by atoms with Crippen molar-refractivity contribution >= 4 is 34.7 Å². The first kappa shape index (κ1) is 23.6. The number of Topliss-reactive ketones (excluding diaryl/α,β-unsaturated/α-hetero) is 1. The SMILES string of the molecule is CC1=C(C(=O)Nc2ccccc2Cl)C(c2ccc(-c3ccccc3[N+](=O)[O-])o2)C2=C(CCCC2=O)N1. The minimum absolute atomic E-state index is 0.0621. The van der Waals surface area contributed by atoms with E-state index < -0.39 is 16.7 Å². The fourth-order valence-electron chi connectivity index (χ4n) is 4.81. The van der Waals surface area contributed by atoms with Crippen LogP contribution >= 0.6 is 11.6 Å². The maximum atomic E-state index is 13.6. The van der Waals surface area contributed by atoms with Crippen LogP contribution in [-0.2, 0) is 9.59 Å². The van der Waals surface area contributed by atoms with E-state index in [2.05, 4.69) is 10.6 Å². The monoisotopic (exact) mass is 503 g/mol. The van der Waals surface area contributed by atoms with Crippen LogP contribution in [0.5, 0.6) is 0 Å². The lowest BCUT2D eigenvalue weighted by atomic mass is 9.77. The van der Waals surface area contributed by atoms with E-state index in [1.807, 2.05) is 0 Å². The number of nitro benzene ring substituents is 1. The molecule has 9 heteroatoms. The van der Waals surface area contributed by atoms with Crippen molar-refractivity contribution < 1.29 is 18.9 Å². The Balaban J connectivity index is 1.60. The van der Waals surface area contributed by atoms with Crippen LogP contribution in [0, 0.1) is 10.1 Å². The number of anilines is 1. The number of hydrogen-bond acceptors (Lipinski definition) is 6. The minimum atomic E-state index is -0.770. The number of benzene rings is 2. The average molecular weight is 504 g/mol. The highest BCUT2D eigenvalue weighted by molar-refractivity contribution is 6.34. The van der Waals surface area contributed by atoms with Crippen molar-refractivity contribution in [2.24, 2.45) is 0 Å². The summed E-state index contributed by atoms with van der Waals surface area (Å²) in [4.78, 5) is 37.8. The Hall–Kier alpha value is -4.17. The van der Waals surface area contributed by atoms with Gasteiger partial charge in [-0.1, -0.05) is 35.9 Å². The number of carbonyl (C=O) groups excluding carboxylic acids is 2. The first-order valence-electron chi connectivity index (χ1n) is 11.5. The molecule has 1 unspecified atom stereocenters. The van der Waals surface area contributed by atoms with Gasteiger partial charge in [0.05, 0.1) is 32.7 Å². The zero-order chi connectivity index (χ0) is 25.4. The number of rotatable bonds is 5. The van der Waals surface area contributed by atoms with Crippen LogP contribution in [0.4, 0.5) is 11.4 Å². The first-order chi connectivity index (χ1) is 17.3. The summed E-state index contributed by atoms with van der Waals surface area (Å²) in [6, 6.07) is 16.5. The van der Waals surface area contributed by atoms with E-state index in [1.165, 1.54) is 6.07 Å². The van der Waals surface area contributed by atoms with Gasteiger partial charge in [0.25, 0.3) is 11.6 Å². The van der Waals surface area contributed by atoms with Crippen molar-refractivity contribution in [3.05, 3.63) is 104 Å². The molecule has 36 heavy (non-hydrogen) atoms. The Kier molecular flexibility index (Phi) is 6.20. The molecule has 0 bridgehead atoms. The molecule has 182 valence electrons. The number of hydrogen-bond donors (Lipinski definition) is 2. The number of amides is 1. The van der Waals surface area contributed by atoms with E-state index in [1.54, 1.807) is 61.5 Å². The predicted octanol–water partition coefficient (Wildman–Crippen LogP) is 6.11. The number of dihydropyridines is 1. The van der Waals surface area contributed by atoms with E-state index in [9.17, 15) is 19.7 Å². The summed E-state index contributed by atoms with van der Waals surface area (Å²) in [5, 5.41) is 18.0. The largest absolute Gasteiger partial charge is 0.460 e. The Morgan fingerprint density at radius 2 is 1.86 bits per heavy atom. The summed E-state index contributed by atoms with van der Waals surface area (Å²) in [7, 11) is 0. The lowest BCUT2D eigenvalue weighted by Crippen LogP contribution is -2.35. The summed E-state index contributed by atoms with van der Waals surface area (Å²) >= 11 is 6.26. The summed E-state index contributed by atoms with van der Waals surface area (Å²) in [6.07, 6.45) is 1.75. The number of para-hydroxylation sites is 2. The standard InChI is InChI=1S/C27H22ClN3O5/c1-15-24(27(33)30-18-9-4-3-8-17(18)28)26(25-19(29-15)10-6-12-21(25)32)23-14-13-22(36-23)16-7-2-5-11-20(16)31(34)35/h2-5,7-9,11,13-14,26,29H,6,10,12H2,1H3,(H,30,33). The molecular formula is C27H22ClN3O5. The van der Waals surface area contributed by atoms with Gasteiger partial charge >= 0.3 is 0 Å². The summed E-state index contributed by atoms with van der Waals surface area (Å²) in [6.45, 7) is 1.78. The lowest BCUT2D eigenvalue weighted by molar-refractivity contribution is -0.384. The third-order valence-electron chi connectivity index (χ3n) is 6.42. The van der Waals surface area contributed by atoms with Crippen LogP contribution in [-0.4, -0.2) is 16.6 Å². The lowest BCUT2D eigenvalue weighted by Gasteiger charge is -2.33. The second-order valence-electron chi connectivity index (χ2n) is 8.68. The molecule has 0 spiro atoms. The molecule has 0 fully saturated rings. The number of halogens is 1. The summed E-state index contributed by atoms with van der Waals surface area (Å²) in [5.41, 5.74) is 2.84. The van der Waals surface area contributed by atoms with Gasteiger partial charge in [-0.3, -0.25) is 19.7 Å². The van der Waals surface area contributed by atoms with Gasteiger partial charge in [0.1, 0.15) is 11.5 Å². The van der Waals surface area contributed by atoms with Crippen molar-refractivity contribution in [1.29, 1.82) is 0 Å². The van der Waals surface area contributed by atoms with Crippen molar-refractivity contribution in [3.8, 4) is 11.3 Å². The van der Waals surface area contributed by atoms with Gasteiger partial charge in [0.2, 0.25) is 0 Å². The van der Waals surface area contributed by atoms with Gasteiger partial charge in [-0.25, -0.2) is 0 Å². The van der Waals surface area contributed by atoms with Gasteiger partial charge in [-0.05, 0) is 50.1 Å². The van der Waals surface area contributed by atoms with Gasteiger partial charge in [-0.2, -0.15) is 0 Å². The second kappa shape index (κ2) is 9.47. The van der Waals surface area contributed by atoms with Crippen molar-refractivity contribution in [2.45, 2.75) is 32.1 Å². The number of carbonyl (C=O) groups is 2. The fraction of sp³-hybridized carbons (Fsp3) is 0.185. The van der Waals surface area contributed by atoms with Gasteiger partial charge < -0.3 is 15.1 Å². The molecule has 2 aliphatic rings. The smallest absolute Gasteiger partial charge is 0.280 e. The number of allylic oxidation sites excluding steroid dienone is 3. The van der Waals surface area contributed by atoms with Crippen LogP contribution in [0.15, 0.2) is 87.6 Å². The summed E-state index contributed by atoms with van der Waals surface area (Å²) in [5.74, 6) is -0.617. The van der Waals surface area contributed by atoms with Crippen LogP contribution in [0.1, 0.15) is 37.9 Å². The molecule has 1 aromatic heterocycles. The molecule has 1 atom stereocenters. The quantitative estimate of drug-likeness (QED) is 0.320. The molecule has 0 radical (unpaired) electrons.